The quantitative estimate of drug-likeness (QED) is 0.890. The Hall–Kier alpha value is -1.53. The third-order valence-corrected chi connectivity index (χ3v) is 4.06. The first kappa shape index (κ1) is 12.5. The van der Waals surface area contributed by atoms with Crippen LogP contribution in [0.1, 0.15) is 23.3 Å². The molecule has 0 amide bonds. The number of aromatic hydroxyl groups is 1. The normalized spacial score (nSPS) is 19.5. The molecular weight excluding hydrogens is 262 g/mol. The highest BCUT2D eigenvalue weighted by atomic mass is 32.2. The van der Waals surface area contributed by atoms with Crippen LogP contribution in [0.25, 0.3) is 0 Å². The van der Waals surface area contributed by atoms with E-state index in [2.05, 4.69) is 15.5 Å². The van der Waals surface area contributed by atoms with E-state index in [1.165, 1.54) is 0 Å². The van der Waals surface area contributed by atoms with Crippen molar-refractivity contribution in [2.75, 3.05) is 18.1 Å². The van der Waals surface area contributed by atoms with Gasteiger partial charge in [-0.1, -0.05) is 17.3 Å². The number of nitrogens with one attached hydrogen (secondary N) is 1. The fraction of sp³-hybridized carbons (Fsp3) is 0.385. The molecule has 6 heteroatoms. The van der Waals surface area contributed by atoms with Gasteiger partial charge in [-0.05, 0) is 17.7 Å². The summed E-state index contributed by atoms with van der Waals surface area (Å²) in [5.41, 5.74) is 1.05. The topological polar surface area (TPSA) is 71.2 Å². The number of benzene rings is 1. The average molecular weight is 277 g/mol. The number of phenolic OH excluding ortho intramolecular Hbond substituents is 1. The highest BCUT2D eigenvalue weighted by molar-refractivity contribution is 7.99. The lowest BCUT2D eigenvalue weighted by atomic mass is 10.1. The minimum atomic E-state index is 0.166. The van der Waals surface area contributed by atoms with Gasteiger partial charge in [0.05, 0.1) is 6.04 Å². The number of thioether (sulfide) groups is 1. The Balaban J connectivity index is 1.68. The first-order valence-electron chi connectivity index (χ1n) is 6.23. The lowest BCUT2D eigenvalue weighted by Gasteiger charge is -2.19. The third-order valence-electron chi connectivity index (χ3n) is 3.00. The van der Waals surface area contributed by atoms with Gasteiger partial charge >= 0.3 is 0 Å². The molecule has 0 saturated carbocycles. The molecule has 19 heavy (non-hydrogen) atoms. The molecule has 0 radical (unpaired) electrons. The van der Waals surface area contributed by atoms with Gasteiger partial charge in [0.2, 0.25) is 5.89 Å². The molecule has 1 fully saturated rings. The predicted molar refractivity (Wildman–Crippen MR) is 73.3 cm³/mol. The maximum atomic E-state index is 9.24. The molecule has 1 aliphatic rings. The molecule has 1 atom stereocenters. The smallest absolute Gasteiger partial charge is 0.244 e. The summed E-state index contributed by atoms with van der Waals surface area (Å²) in [5, 5.41) is 16.6. The van der Waals surface area contributed by atoms with Crippen molar-refractivity contribution in [1.82, 2.24) is 15.5 Å². The summed E-state index contributed by atoms with van der Waals surface area (Å²) >= 11 is 1.89. The van der Waals surface area contributed by atoms with E-state index in [1.807, 2.05) is 23.9 Å². The van der Waals surface area contributed by atoms with Gasteiger partial charge in [0.25, 0.3) is 0 Å². The summed E-state index contributed by atoms with van der Waals surface area (Å²) in [6, 6.07) is 7.21. The van der Waals surface area contributed by atoms with Gasteiger partial charge in [-0.2, -0.15) is 16.7 Å². The standard InChI is InChI=1S/C13H15N3O2S/c17-10-3-1-9(2-4-10)7-12-15-13(18-16-12)11-8-19-6-5-14-11/h1-4,11,14,17H,5-8H2. The van der Waals surface area contributed by atoms with Crippen molar-refractivity contribution in [2.45, 2.75) is 12.5 Å². The second-order valence-corrected chi connectivity index (χ2v) is 5.62. The molecule has 1 aromatic heterocycles. The van der Waals surface area contributed by atoms with Gasteiger partial charge in [0, 0.05) is 24.5 Å². The van der Waals surface area contributed by atoms with E-state index in [-0.39, 0.29) is 11.8 Å². The molecule has 100 valence electrons. The molecule has 0 aliphatic carbocycles. The summed E-state index contributed by atoms with van der Waals surface area (Å²) in [7, 11) is 0. The first-order chi connectivity index (χ1) is 9.31. The summed E-state index contributed by atoms with van der Waals surface area (Å²) < 4.78 is 5.31. The van der Waals surface area contributed by atoms with Crippen molar-refractivity contribution >= 4 is 11.8 Å². The Bertz CT molecular complexity index is 535. The molecule has 1 unspecified atom stereocenters. The minimum absolute atomic E-state index is 0.166. The lowest BCUT2D eigenvalue weighted by Crippen LogP contribution is -2.30. The van der Waals surface area contributed by atoms with Crippen LogP contribution in [-0.2, 0) is 6.42 Å². The highest BCUT2D eigenvalue weighted by Gasteiger charge is 2.21. The summed E-state index contributed by atoms with van der Waals surface area (Å²) in [6.07, 6.45) is 0.615. The fourth-order valence-electron chi connectivity index (χ4n) is 2.00. The zero-order valence-corrected chi connectivity index (χ0v) is 11.2. The van der Waals surface area contributed by atoms with Crippen LogP contribution in [0.15, 0.2) is 28.8 Å². The molecule has 5 nitrogen and oxygen atoms in total. The highest BCUT2D eigenvalue weighted by Crippen LogP contribution is 2.21. The summed E-state index contributed by atoms with van der Waals surface area (Å²) in [5.74, 6) is 3.71. The number of phenols is 1. The summed E-state index contributed by atoms with van der Waals surface area (Å²) in [6.45, 7) is 0.977. The first-order valence-corrected chi connectivity index (χ1v) is 7.38. The van der Waals surface area contributed by atoms with Gasteiger partial charge in [0.1, 0.15) is 5.75 Å². The zero-order chi connectivity index (χ0) is 13.1. The monoisotopic (exact) mass is 277 g/mol. The molecule has 1 saturated heterocycles. The lowest BCUT2D eigenvalue weighted by molar-refractivity contribution is 0.339. The van der Waals surface area contributed by atoms with Crippen LogP contribution in [0, 0.1) is 0 Å². The maximum Gasteiger partial charge on any atom is 0.244 e. The van der Waals surface area contributed by atoms with Crippen molar-refractivity contribution in [3.05, 3.63) is 41.5 Å². The van der Waals surface area contributed by atoms with Gasteiger partial charge in [-0.15, -0.1) is 0 Å². The minimum Gasteiger partial charge on any atom is -0.508 e. The van der Waals surface area contributed by atoms with Crippen LogP contribution in [0.3, 0.4) is 0 Å². The molecule has 0 spiro atoms. The number of hydrogen-bond donors (Lipinski definition) is 2. The van der Waals surface area contributed by atoms with Crippen molar-refractivity contribution in [3.63, 3.8) is 0 Å². The average Bonchev–Trinajstić information content (AvgIpc) is 2.91. The van der Waals surface area contributed by atoms with Crippen LogP contribution < -0.4 is 5.32 Å². The van der Waals surface area contributed by atoms with E-state index in [1.54, 1.807) is 12.1 Å². The van der Waals surface area contributed by atoms with Gasteiger partial charge in [0.15, 0.2) is 5.82 Å². The van der Waals surface area contributed by atoms with Crippen LogP contribution in [0.4, 0.5) is 0 Å². The van der Waals surface area contributed by atoms with Crippen molar-refractivity contribution in [3.8, 4) is 5.75 Å². The maximum absolute atomic E-state index is 9.24. The largest absolute Gasteiger partial charge is 0.508 e. The number of hydrogen-bond acceptors (Lipinski definition) is 6. The van der Waals surface area contributed by atoms with E-state index < -0.39 is 0 Å². The van der Waals surface area contributed by atoms with Gasteiger partial charge in [-0.3, -0.25) is 0 Å². The molecule has 2 aromatic rings. The van der Waals surface area contributed by atoms with Crippen molar-refractivity contribution in [1.29, 1.82) is 0 Å². The second kappa shape index (κ2) is 5.63. The van der Waals surface area contributed by atoms with E-state index in [0.717, 1.165) is 23.6 Å². The molecule has 2 heterocycles. The van der Waals surface area contributed by atoms with Crippen LogP contribution >= 0.6 is 11.8 Å². The molecule has 1 aromatic carbocycles. The Morgan fingerprint density at radius 1 is 1.37 bits per heavy atom. The third kappa shape index (κ3) is 3.08. The number of rotatable bonds is 3. The summed E-state index contributed by atoms with van der Waals surface area (Å²) in [4.78, 5) is 4.44. The van der Waals surface area contributed by atoms with Gasteiger partial charge in [-0.25, -0.2) is 0 Å². The van der Waals surface area contributed by atoms with E-state index in [0.29, 0.717) is 18.1 Å². The Labute approximate surface area is 115 Å². The molecular formula is C13H15N3O2S. The molecule has 2 N–H and O–H groups in total. The van der Waals surface area contributed by atoms with Crippen LogP contribution in [-0.4, -0.2) is 33.3 Å². The van der Waals surface area contributed by atoms with Crippen molar-refractivity contribution in [2.24, 2.45) is 0 Å². The number of aromatic nitrogens is 2. The molecule has 3 rings (SSSR count). The zero-order valence-electron chi connectivity index (χ0n) is 10.4. The molecule has 1 aliphatic heterocycles. The van der Waals surface area contributed by atoms with Crippen LogP contribution in [0.5, 0.6) is 5.75 Å². The Kier molecular flexibility index (Phi) is 3.70. The molecule has 0 bridgehead atoms. The SMILES string of the molecule is Oc1ccc(Cc2noc(C3CSCCN3)n2)cc1. The predicted octanol–water partition coefficient (Wildman–Crippen LogP) is 1.74. The van der Waals surface area contributed by atoms with Crippen LogP contribution in [0.2, 0.25) is 0 Å². The van der Waals surface area contributed by atoms with Crippen molar-refractivity contribution < 1.29 is 9.63 Å². The Morgan fingerprint density at radius 2 is 2.21 bits per heavy atom. The van der Waals surface area contributed by atoms with E-state index >= 15 is 0 Å². The van der Waals surface area contributed by atoms with Gasteiger partial charge < -0.3 is 14.9 Å². The van der Waals surface area contributed by atoms with E-state index in [9.17, 15) is 5.11 Å². The second-order valence-electron chi connectivity index (χ2n) is 4.47. The Morgan fingerprint density at radius 3 is 2.95 bits per heavy atom. The number of nitrogens with zero attached hydrogens (tertiary/aromatic N) is 2. The van der Waals surface area contributed by atoms with E-state index in [4.69, 9.17) is 4.52 Å². The fourth-order valence-corrected chi connectivity index (χ4v) is 2.93.